The van der Waals surface area contributed by atoms with Crippen molar-refractivity contribution >= 4 is 23.9 Å². The van der Waals surface area contributed by atoms with Crippen LogP contribution >= 0.6 is 0 Å². The molecule has 1 aliphatic rings. The molecule has 0 aromatic heterocycles. The van der Waals surface area contributed by atoms with Gasteiger partial charge in [-0.2, -0.15) is 0 Å². The van der Waals surface area contributed by atoms with Crippen molar-refractivity contribution in [3.8, 4) is 0 Å². The van der Waals surface area contributed by atoms with E-state index in [1.54, 1.807) is 12.2 Å². The highest BCUT2D eigenvalue weighted by atomic mass is 16.7. The first-order valence-electron chi connectivity index (χ1n) is 33.6. The van der Waals surface area contributed by atoms with Gasteiger partial charge in [0.05, 0.1) is 13.0 Å². The van der Waals surface area contributed by atoms with Gasteiger partial charge in [-0.05, 0) is 96.3 Å². The molecule has 6 atom stereocenters. The molecule has 0 bridgehead atoms. The maximum atomic E-state index is 13.2. The van der Waals surface area contributed by atoms with E-state index < -0.39 is 67.3 Å². The van der Waals surface area contributed by atoms with Crippen LogP contribution in [0.2, 0.25) is 0 Å². The van der Waals surface area contributed by atoms with Gasteiger partial charge in [0.2, 0.25) is 0 Å². The Morgan fingerprint density at radius 3 is 1.20 bits per heavy atom. The molecular weight excluding hydrogens is 1040 g/mol. The number of esters is 3. The summed E-state index contributed by atoms with van der Waals surface area (Å²) in [4.78, 5) is 51.3. The maximum Gasteiger partial charge on any atom is 0.335 e. The molecule has 476 valence electrons. The number of ether oxygens (including phenoxy) is 5. The predicted octanol–water partition coefficient (Wildman–Crippen LogP) is 18.2. The Kier molecular flexibility index (Phi) is 54.0. The summed E-state index contributed by atoms with van der Waals surface area (Å²) in [5.41, 5.74) is 0. The maximum absolute atomic E-state index is 13.2. The third-order valence-corrected chi connectivity index (χ3v) is 15.0. The Morgan fingerprint density at radius 2 is 0.795 bits per heavy atom. The number of carboxylic acid groups (broad SMARTS) is 1. The second-order valence-electron chi connectivity index (χ2n) is 22.7. The van der Waals surface area contributed by atoms with Crippen LogP contribution in [0.1, 0.15) is 290 Å². The van der Waals surface area contributed by atoms with Crippen molar-refractivity contribution < 1.29 is 58.2 Å². The van der Waals surface area contributed by atoms with E-state index >= 15 is 0 Å². The lowest BCUT2D eigenvalue weighted by Gasteiger charge is -2.40. The van der Waals surface area contributed by atoms with Crippen LogP contribution in [0, 0.1) is 0 Å². The number of carbonyl (C=O) groups excluding carboxylic acids is 3. The molecule has 0 radical (unpaired) electrons. The largest absolute Gasteiger partial charge is 0.479 e. The number of aliphatic carboxylic acids is 1. The van der Waals surface area contributed by atoms with Crippen molar-refractivity contribution in [1.82, 2.24) is 0 Å². The first kappa shape index (κ1) is 76.9. The molecule has 0 aliphatic carbocycles. The summed E-state index contributed by atoms with van der Waals surface area (Å²) in [6.45, 7) is 5.86. The third kappa shape index (κ3) is 47.8. The highest BCUT2D eigenvalue weighted by molar-refractivity contribution is 5.74. The molecule has 83 heavy (non-hydrogen) atoms. The molecular formula is C71H120O12. The van der Waals surface area contributed by atoms with Crippen LogP contribution in [0.3, 0.4) is 0 Å². The zero-order valence-corrected chi connectivity index (χ0v) is 52.7. The number of carbonyl (C=O) groups is 4. The normalized spacial score (nSPS) is 18.1. The highest BCUT2D eigenvalue weighted by Crippen LogP contribution is 2.26. The number of allylic oxidation sites excluding steroid dienone is 13. The number of hydrogen-bond donors (Lipinski definition) is 3. The van der Waals surface area contributed by atoms with Crippen LogP contribution in [0.25, 0.3) is 0 Å². The first-order chi connectivity index (χ1) is 40.6. The summed E-state index contributed by atoms with van der Waals surface area (Å²) in [7, 11) is 0. The quantitative estimate of drug-likeness (QED) is 0.0228. The minimum Gasteiger partial charge on any atom is -0.479 e. The van der Waals surface area contributed by atoms with E-state index in [1.807, 2.05) is 12.2 Å². The number of hydrogen-bond acceptors (Lipinski definition) is 11. The van der Waals surface area contributed by atoms with E-state index in [2.05, 4.69) is 81.5 Å². The minimum atomic E-state index is -1.94. The molecule has 0 aromatic rings. The Morgan fingerprint density at radius 1 is 0.422 bits per heavy atom. The topological polar surface area (TPSA) is 175 Å². The zero-order valence-electron chi connectivity index (χ0n) is 52.7. The van der Waals surface area contributed by atoms with Crippen molar-refractivity contribution in [1.29, 1.82) is 0 Å². The summed E-state index contributed by atoms with van der Waals surface area (Å²) in [5, 5.41) is 31.6. The average Bonchev–Trinajstić information content (AvgIpc) is 3.57. The van der Waals surface area contributed by atoms with Gasteiger partial charge in [-0.25, -0.2) is 4.79 Å². The van der Waals surface area contributed by atoms with Crippen molar-refractivity contribution in [2.45, 2.75) is 327 Å². The van der Waals surface area contributed by atoms with Crippen LogP contribution in [0.5, 0.6) is 0 Å². The summed E-state index contributed by atoms with van der Waals surface area (Å²) >= 11 is 0. The van der Waals surface area contributed by atoms with Crippen LogP contribution in [0.15, 0.2) is 85.1 Å². The van der Waals surface area contributed by atoms with E-state index in [-0.39, 0.29) is 25.9 Å². The van der Waals surface area contributed by atoms with Gasteiger partial charge in [0.25, 0.3) is 0 Å². The van der Waals surface area contributed by atoms with E-state index in [9.17, 15) is 34.5 Å². The Balaban J connectivity index is 2.68. The van der Waals surface area contributed by atoms with Gasteiger partial charge in [-0.3, -0.25) is 14.4 Å². The molecule has 1 rings (SSSR count). The van der Waals surface area contributed by atoms with E-state index in [0.717, 1.165) is 70.6 Å². The molecule has 1 heterocycles. The average molecular weight is 1170 g/mol. The second-order valence-corrected chi connectivity index (χ2v) is 22.7. The standard InChI is InChI=1S/C71H120O12/c1-4-7-10-13-16-19-22-25-28-30-32-34-37-39-42-45-48-51-54-57-63(72)79-60-62(81-64(73)58-55-52-49-46-43-41-38-35-33-31-29-26-23-20-17-14-11-8-5-2)61-80-71-69(67(76)66(75)68(83-71)70(77)78)82-65(74)59-56-53-50-47-44-40-36-27-24-21-18-15-12-9-6-3/h9,12,18,21,25-29,36,44,47,53,56,62,66-69,71,75-76H,4-8,10-11,13-17,19-20,22-24,30-35,37-43,45-46,48-52,54-55,57-61H2,1-3H3,(H,77,78)/b12-9-,21-18-,28-25-,29-26-,36-27-,47-44-,56-53-. The van der Waals surface area contributed by atoms with Crippen LogP contribution in [-0.4, -0.2) is 89.2 Å². The molecule has 12 nitrogen and oxygen atoms in total. The lowest BCUT2D eigenvalue weighted by molar-refractivity contribution is -0.301. The fraction of sp³-hybridized carbons (Fsp3) is 0.746. The van der Waals surface area contributed by atoms with Crippen molar-refractivity contribution in [2.24, 2.45) is 0 Å². The molecule has 1 saturated heterocycles. The van der Waals surface area contributed by atoms with Crippen molar-refractivity contribution in [3.05, 3.63) is 85.1 Å². The molecule has 6 unspecified atom stereocenters. The first-order valence-corrected chi connectivity index (χ1v) is 33.6. The summed E-state index contributed by atoms with van der Waals surface area (Å²) < 4.78 is 28.4. The van der Waals surface area contributed by atoms with Gasteiger partial charge in [0.15, 0.2) is 24.6 Å². The highest BCUT2D eigenvalue weighted by Gasteiger charge is 2.50. The SMILES string of the molecule is CC/C=C\C/C=C\C/C=C\C/C=C\C/C=C\CC(=O)OC1C(OCC(COC(=O)CCCCCCCCCCC/C=C\CCCCCCCC)OC(=O)CCCCCCCCCCC/C=C\CCCCCCCC)OC(C(=O)O)C(O)C1O. The Hall–Kier alpha value is -4.10. The Bertz CT molecular complexity index is 1760. The van der Waals surface area contributed by atoms with E-state index in [4.69, 9.17) is 23.7 Å². The Labute approximate surface area is 505 Å². The monoisotopic (exact) mass is 1160 g/mol. The van der Waals surface area contributed by atoms with Gasteiger partial charge in [-0.1, -0.05) is 260 Å². The van der Waals surface area contributed by atoms with E-state index in [0.29, 0.717) is 19.3 Å². The summed E-state index contributed by atoms with van der Waals surface area (Å²) in [6, 6.07) is 0. The van der Waals surface area contributed by atoms with Gasteiger partial charge in [0, 0.05) is 12.8 Å². The van der Waals surface area contributed by atoms with E-state index in [1.165, 1.54) is 161 Å². The second kappa shape index (κ2) is 58.3. The van der Waals surface area contributed by atoms with Gasteiger partial charge in [0.1, 0.15) is 18.8 Å². The van der Waals surface area contributed by atoms with Crippen LogP contribution in [-0.2, 0) is 42.9 Å². The molecule has 0 saturated carbocycles. The molecule has 0 aromatic carbocycles. The molecule has 1 aliphatic heterocycles. The number of aliphatic hydroxyl groups is 2. The van der Waals surface area contributed by atoms with Crippen molar-refractivity contribution in [2.75, 3.05) is 13.2 Å². The molecule has 12 heteroatoms. The minimum absolute atomic E-state index is 0.148. The molecule has 0 amide bonds. The third-order valence-electron chi connectivity index (χ3n) is 15.0. The number of carboxylic acids is 1. The molecule has 0 spiro atoms. The van der Waals surface area contributed by atoms with Gasteiger partial charge >= 0.3 is 23.9 Å². The number of aliphatic hydroxyl groups excluding tert-OH is 2. The molecule has 1 fully saturated rings. The molecule has 3 N–H and O–H groups in total. The number of rotatable bonds is 57. The zero-order chi connectivity index (χ0) is 60.3. The smallest absolute Gasteiger partial charge is 0.335 e. The van der Waals surface area contributed by atoms with Gasteiger partial charge < -0.3 is 39.0 Å². The summed E-state index contributed by atoms with van der Waals surface area (Å²) in [6.07, 6.45) is 64.3. The van der Waals surface area contributed by atoms with Crippen molar-refractivity contribution in [3.63, 3.8) is 0 Å². The fourth-order valence-electron chi connectivity index (χ4n) is 9.85. The van der Waals surface area contributed by atoms with Crippen LogP contribution in [0.4, 0.5) is 0 Å². The summed E-state index contributed by atoms with van der Waals surface area (Å²) in [5.74, 6) is -3.27. The lowest BCUT2D eigenvalue weighted by Crippen LogP contribution is -2.61. The predicted molar refractivity (Wildman–Crippen MR) is 340 cm³/mol. The van der Waals surface area contributed by atoms with Gasteiger partial charge in [-0.15, -0.1) is 0 Å². The van der Waals surface area contributed by atoms with Crippen LogP contribution < -0.4 is 0 Å². The fourth-order valence-corrected chi connectivity index (χ4v) is 9.85. The lowest BCUT2D eigenvalue weighted by atomic mass is 9.98. The number of unbranched alkanes of at least 4 members (excludes halogenated alkanes) is 30.